The van der Waals surface area contributed by atoms with Crippen molar-refractivity contribution in [3.05, 3.63) is 23.2 Å². The molecule has 106 valence electrons. The summed E-state index contributed by atoms with van der Waals surface area (Å²) >= 11 is 12.0. The van der Waals surface area contributed by atoms with Crippen LogP contribution in [-0.4, -0.2) is 32.0 Å². The molecule has 1 aliphatic rings. The molecule has 0 amide bonds. The highest BCUT2D eigenvalue weighted by Gasteiger charge is 2.35. The summed E-state index contributed by atoms with van der Waals surface area (Å²) in [5.41, 5.74) is 1.33. The minimum absolute atomic E-state index is 0.159. The second kappa shape index (κ2) is 5.38. The topological polar surface area (TPSA) is 58.2 Å². The van der Waals surface area contributed by atoms with Gasteiger partial charge in [-0.15, -0.1) is 11.6 Å². The molecule has 1 aliphatic heterocycles. The van der Waals surface area contributed by atoms with Crippen LogP contribution in [0.25, 0.3) is 0 Å². The summed E-state index contributed by atoms with van der Waals surface area (Å²) in [6, 6.07) is 5.51. The number of fused-ring (bicyclic) bond motifs is 1. The van der Waals surface area contributed by atoms with E-state index >= 15 is 0 Å². The Balaban J connectivity index is 2.06. The number of nitrogens with one attached hydrogen (secondary N) is 2. The zero-order valence-electron chi connectivity index (χ0n) is 10.5. The monoisotopic (exact) mass is 322 g/mol. The van der Waals surface area contributed by atoms with E-state index in [1.807, 2.05) is 12.1 Å². The Morgan fingerprint density at radius 3 is 2.58 bits per heavy atom. The molecule has 1 unspecified atom stereocenters. The summed E-state index contributed by atoms with van der Waals surface area (Å²) in [7, 11) is -2.94. The smallest absolute Gasteiger partial charge is 0.147 e. The maximum absolute atomic E-state index is 11.2. The lowest BCUT2D eigenvalue weighted by Gasteiger charge is -2.28. The Hall–Kier alpha value is -0.650. The molecule has 0 spiro atoms. The van der Waals surface area contributed by atoms with Crippen LogP contribution in [0.3, 0.4) is 0 Å². The number of rotatable bonds is 5. The van der Waals surface area contributed by atoms with Gasteiger partial charge in [-0.1, -0.05) is 11.6 Å². The molecule has 1 atom stereocenters. The van der Waals surface area contributed by atoms with E-state index in [0.717, 1.165) is 11.4 Å². The van der Waals surface area contributed by atoms with Gasteiger partial charge < -0.3 is 10.6 Å². The van der Waals surface area contributed by atoms with Crippen LogP contribution in [0, 0.1) is 0 Å². The third-order valence-electron chi connectivity index (χ3n) is 3.08. The summed E-state index contributed by atoms with van der Waals surface area (Å²) in [5, 5.41) is 7.26. The van der Waals surface area contributed by atoms with Crippen molar-refractivity contribution in [2.45, 2.75) is 18.5 Å². The first kappa shape index (κ1) is 14.8. The molecule has 0 aromatic heterocycles. The van der Waals surface area contributed by atoms with Crippen molar-refractivity contribution in [1.82, 2.24) is 0 Å². The van der Waals surface area contributed by atoms with Crippen molar-refractivity contribution >= 4 is 44.4 Å². The quantitative estimate of drug-likeness (QED) is 0.818. The lowest BCUT2D eigenvalue weighted by atomic mass is 10.1. The molecular formula is C12H16Cl2N2O2S. The van der Waals surface area contributed by atoms with Gasteiger partial charge in [0.2, 0.25) is 0 Å². The van der Waals surface area contributed by atoms with Crippen LogP contribution >= 0.6 is 23.2 Å². The maximum atomic E-state index is 11.2. The Bertz CT molecular complexity index is 577. The molecule has 0 bridgehead atoms. The van der Waals surface area contributed by atoms with Gasteiger partial charge in [-0.2, -0.15) is 0 Å². The summed E-state index contributed by atoms with van der Waals surface area (Å²) in [6.07, 6.45) is 2.41. The van der Waals surface area contributed by atoms with E-state index in [1.165, 1.54) is 6.26 Å². The normalized spacial score (nSPS) is 21.6. The van der Waals surface area contributed by atoms with Gasteiger partial charge in [-0.25, -0.2) is 8.42 Å². The van der Waals surface area contributed by atoms with E-state index in [9.17, 15) is 8.42 Å². The molecular weight excluding hydrogens is 307 g/mol. The number of hydrogen-bond donors (Lipinski definition) is 2. The summed E-state index contributed by atoms with van der Waals surface area (Å²) in [5.74, 6) is 0.495. The molecule has 0 radical (unpaired) electrons. The average Bonchev–Trinajstić information content (AvgIpc) is 2.65. The lowest BCUT2D eigenvalue weighted by Crippen LogP contribution is -2.44. The van der Waals surface area contributed by atoms with Crippen LogP contribution in [0.15, 0.2) is 18.2 Å². The zero-order chi connectivity index (χ0) is 14.1. The third-order valence-corrected chi connectivity index (χ3v) is 4.80. The second-order valence-electron chi connectivity index (χ2n) is 4.89. The fourth-order valence-electron chi connectivity index (χ4n) is 2.17. The Kier molecular flexibility index (Phi) is 4.18. The van der Waals surface area contributed by atoms with Gasteiger partial charge in [0.15, 0.2) is 0 Å². The van der Waals surface area contributed by atoms with Crippen molar-refractivity contribution in [2.75, 3.05) is 28.5 Å². The molecule has 19 heavy (non-hydrogen) atoms. The summed E-state index contributed by atoms with van der Waals surface area (Å²) in [6.45, 7) is 0. The molecule has 7 heteroatoms. The first-order valence-corrected chi connectivity index (χ1v) is 8.90. The number of benzene rings is 1. The Morgan fingerprint density at radius 1 is 1.26 bits per heavy atom. The Morgan fingerprint density at radius 2 is 1.95 bits per heavy atom. The number of halogens is 2. The predicted octanol–water partition coefficient (Wildman–Crippen LogP) is 2.94. The van der Waals surface area contributed by atoms with Crippen LogP contribution in [0.4, 0.5) is 11.4 Å². The minimum Gasteiger partial charge on any atom is -0.360 e. The van der Waals surface area contributed by atoms with Gasteiger partial charge in [0.1, 0.15) is 15.5 Å². The van der Waals surface area contributed by atoms with E-state index in [-0.39, 0.29) is 5.75 Å². The van der Waals surface area contributed by atoms with Crippen LogP contribution in [0.5, 0.6) is 0 Å². The predicted molar refractivity (Wildman–Crippen MR) is 81.1 cm³/mol. The highest BCUT2D eigenvalue weighted by Crippen LogP contribution is 2.38. The van der Waals surface area contributed by atoms with E-state index in [1.54, 1.807) is 6.07 Å². The van der Waals surface area contributed by atoms with Crippen LogP contribution < -0.4 is 10.6 Å². The van der Waals surface area contributed by atoms with Crippen LogP contribution in [0.1, 0.15) is 12.8 Å². The first-order chi connectivity index (χ1) is 8.84. The van der Waals surface area contributed by atoms with Crippen LogP contribution in [-0.2, 0) is 9.84 Å². The summed E-state index contributed by atoms with van der Waals surface area (Å²) in [4.78, 5) is 0. The molecule has 2 N–H and O–H groups in total. The zero-order valence-corrected chi connectivity index (χ0v) is 12.9. The second-order valence-corrected chi connectivity index (χ2v) is 7.85. The van der Waals surface area contributed by atoms with Crippen molar-refractivity contribution in [3.63, 3.8) is 0 Å². The first-order valence-electron chi connectivity index (χ1n) is 5.93. The van der Waals surface area contributed by atoms with Crippen molar-refractivity contribution < 1.29 is 8.42 Å². The molecule has 4 nitrogen and oxygen atoms in total. The van der Waals surface area contributed by atoms with E-state index in [4.69, 9.17) is 23.2 Å². The third kappa shape index (κ3) is 3.68. The molecule has 0 saturated heterocycles. The van der Waals surface area contributed by atoms with E-state index < -0.39 is 15.5 Å². The van der Waals surface area contributed by atoms with Gasteiger partial charge in [0.25, 0.3) is 0 Å². The molecule has 0 fully saturated rings. The maximum Gasteiger partial charge on any atom is 0.147 e. The standard InChI is InChI=1S/C12H16Cl2N2O2S/c1-19(17,18)6-2-5-12(8-13)15-10-4-3-9(14)7-11(10)16-12/h3-4,7,15-16H,2,5-6,8H2,1H3. The number of anilines is 2. The van der Waals surface area contributed by atoms with Gasteiger partial charge in [0, 0.05) is 11.3 Å². The minimum atomic E-state index is -2.94. The van der Waals surface area contributed by atoms with Crippen molar-refractivity contribution in [2.24, 2.45) is 0 Å². The van der Waals surface area contributed by atoms with Crippen molar-refractivity contribution in [3.8, 4) is 0 Å². The van der Waals surface area contributed by atoms with Crippen molar-refractivity contribution in [1.29, 1.82) is 0 Å². The van der Waals surface area contributed by atoms with Gasteiger partial charge in [-0.3, -0.25) is 0 Å². The highest BCUT2D eigenvalue weighted by atomic mass is 35.5. The fourth-order valence-corrected chi connectivity index (χ4v) is 3.28. The highest BCUT2D eigenvalue weighted by molar-refractivity contribution is 7.90. The number of alkyl halides is 1. The summed E-state index contributed by atoms with van der Waals surface area (Å²) < 4.78 is 22.3. The Labute approximate surface area is 123 Å². The van der Waals surface area contributed by atoms with Gasteiger partial charge in [0.05, 0.1) is 23.0 Å². The lowest BCUT2D eigenvalue weighted by molar-refractivity contribution is 0.539. The number of hydrogen-bond acceptors (Lipinski definition) is 4. The fraction of sp³-hybridized carbons (Fsp3) is 0.500. The van der Waals surface area contributed by atoms with Crippen LogP contribution in [0.2, 0.25) is 5.02 Å². The molecule has 0 aliphatic carbocycles. The molecule has 1 heterocycles. The molecule has 2 rings (SSSR count). The number of sulfone groups is 1. The largest absolute Gasteiger partial charge is 0.360 e. The van der Waals surface area contributed by atoms with E-state index in [2.05, 4.69) is 10.6 Å². The van der Waals surface area contributed by atoms with E-state index in [0.29, 0.717) is 23.7 Å². The molecule has 0 saturated carbocycles. The SMILES string of the molecule is CS(=O)(=O)CCCC1(CCl)Nc2ccc(Cl)cc2N1. The average molecular weight is 323 g/mol. The van der Waals surface area contributed by atoms with Gasteiger partial charge in [-0.05, 0) is 31.0 Å². The molecule has 1 aromatic rings. The van der Waals surface area contributed by atoms with Gasteiger partial charge >= 0.3 is 0 Å². The molecule has 1 aromatic carbocycles.